The van der Waals surface area contributed by atoms with Gasteiger partial charge < -0.3 is 9.84 Å². The Labute approximate surface area is 105 Å². The lowest BCUT2D eigenvalue weighted by Gasteiger charge is -2.10. The van der Waals surface area contributed by atoms with Gasteiger partial charge >= 0.3 is 5.97 Å². The van der Waals surface area contributed by atoms with E-state index in [0.717, 1.165) is 27.8 Å². The quantitative estimate of drug-likeness (QED) is 0.902. The van der Waals surface area contributed by atoms with E-state index in [4.69, 9.17) is 9.84 Å². The van der Waals surface area contributed by atoms with E-state index in [2.05, 4.69) is 4.98 Å². The molecule has 1 N–H and O–H groups in total. The van der Waals surface area contributed by atoms with Gasteiger partial charge in [0.1, 0.15) is 5.75 Å². The van der Waals surface area contributed by atoms with Gasteiger partial charge in [-0.3, -0.25) is 9.78 Å². The Morgan fingerprint density at radius 1 is 1.28 bits per heavy atom. The molecule has 2 rings (SSSR count). The van der Waals surface area contributed by atoms with Crippen LogP contribution in [0.4, 0.5) is 0 Å². The largest absolute Gasteiger partial charge is 0.497 e. The smallest absolute Gasteiger partial charge is 0.309 e. The minimum absolute atomic E-state index is 0.0533. The fourth-order valence-electron chi connectivity index (χ4n) is 2.06. The Morgan fingerprint density at radius 3 is 2.61 bits per heavy atom. The molecule has 18 heavy (non-hydrogen) atoms. The van der Waals surface area contributed by atoms with Gasteiger partial charge in [0.15, 0.2) is 0 Å². The van der Waals surface area contributed by atoms with E-state index in [1.54, 1.807) is 7.11 Å². The average Bonchev–Trinajstić information content (AvgIpc) is 2.29. The van der Waals surface area contributed by atoms with E-state index >= 15 is 0 Å². The van der Waals surface area contributed by atoms with Crippen LogP contribution < -0.4 is 4.74 Å². The third-order valence-corrected chi connectivity index (χ3v) is 2.91. The molecule has 2 aromatic rings. The molecule has 0 unspecified atom stereocenters. The first-order chi connectivity index (χ1) is 8.51. The molecular formula is C14H15NO3. The van der Waals surface area contributed by atoms with Crippen LogP contribution in [0.1, 0.15) is 16.8 Å². The van der Waals surface area contributed by atoms with E-state index in [9.17, 15) is 4.79 Å². The van der Waals surface area contributed by atoms with Gasteiger partial charge in [-0.2, -0.15) is 0 Å². The Hall–Kier alpha value is -2.10. The number of hydrogen-bond acceptors (Lipinski definition) is 3. The lowest BCUT2D eigenvalue weighted by atomic mass is 10.0. The van der Waals surface area contributed by atoms with Crippen molar-refractivity contribution in [3.8, 4) is 5.75 Å². The summed E-state index contributed by atoms with van der Waals surface area (Å²) < 4.78 is 5.23. The molecule has 0 radical (unpaired) electrons. The molecule has 0 spiro atoms. The normalized spacial score (nSPS) is 10.6. The van der Waals surface area contributed by atoms with E-state index in [1.807, 2.05) is 32.0 Å². The molecule has 0 aliphatic rings. The number of carboxylic acid groups (broad SMARTS) is 1. The standard InChI is InChI=1S/C14H15NO3/c1-8-4-10(6-13(16)17)15-14-9(2)5-11(18-3)7-12(8)14/h4-5,7H,6H2,1-3H3,(H,16,17). The summed E-state index contributed by atoms with van der Waals surface area (Å²) in [6.07, 6.45) is -0.0533. The predicted octanol–water partition coefficient (Wildman–Crippen LogP) is 2.49. The monoisotopic (exact) mass is 245 g/mol. The Kier molecular flexibility index (Phi) is 3.19. The van der Waals surface area contributed by atoms with Crippen molar-refractivity contribution in [1.82, 2.24) is 4.98 Å². The van der Waals surface area contributed by atoms with Crippen LogP contribution in [0, 0.1) is 13.8 Å². The Morgan fingerprint density at radius 2 is 2.00 bits per heavy atom. The van der Waals surface area contributed by atoms with Crippen LogP contribution in [0.5, 0.6) is 5.75 Å². The fraction of sp³-hybridized carbons (Fsp3) is 0.286. The fourth-order valence-corrected chi connectivity index (χ4v) is 2.06. The molecule has 1 heterocycles. The lowest BCUT2D eigenvalue weighted by molar-refractivity contribution is -0.136. The van der Waals surface area contributed by atoms with Crippen molar-refractivity contribution in [3.05, 3.63) is 35.0 Å². The number of pyridine rings is 1. The number of fused-ring (bicyclic) bond motifs is 1. The number of aryl methyl sites for hydroxylation is 2. The molecule has 0 bridgehead atoms. The second-order valence-corrected chi connectivity index (χ2v) is 4.34. The van der Waals surface area contributed by atoms with Crippen molar-refractivity contribution in [2.24, 2.45) is 0 Å². The molecule has 4 heteroatoms. The maximum Gasteiger partial charge on any atom is 0.309 e. The van der Waals surface area contributed by atoms with Crippen LogP contribution >= 0.6 is 0 Å². The summed E-state index contributed by atoms with van der Waals surface area (Å²) >= 11 is 0. The van der Waals surface area contributed by atoms with Gasteiger partial charge in [0.05, 0.1) is 24.7 Å². The van der Waals surface area contributed by atoms with Gasteiger partial charge in [0.25, 0.3) is 0 Å². The van der Waals surface area contributed by atoms with E-state index < -0.39 is 5.97 Å². The molecule has 94 valence electrons. The Balaban J connectivity index is 2.65. The van der Waals surface area contributed by atoms with Gasteiger partial charge in [0, 0.05) is 5.39 Å². The highest BCUT2D eigenvalue weighted by molar-refractivity contribution is 5.87. The van der Waals surface area contributed by atoms with Crippen LogP contribution in [0.2, 0.25) is 0 Å². The zero-order chi connectivity index (χ0) is 13.3. The number of rotatable bonds is 3. The molecule has 0 aliphatic carbocycles. The molecule has 1 aromatic heterocycles. The summed E-state index contributed by atoms with van der Waals surface area (Å²) in [4.78, 5) is 15.2. The van der Waals surface area contributed by atoms with Crippen LogP contribution in [0.15, 0.2) is 18.2 Å². The summed E-state index contributed by atoms with van der Waals surface area (Å²) in [6.45, 7) is 3.90. The van der Waals surface area contributed by atoms with Crippen molar-refractivity contribution in [1.29, 1.82) is 0 Å². The number of ether oxygens (including phenoxy) is 1. The first kappa shape index (κ1) is 12.4. The number of hydrogen-bond donors (Lipinski definition) is 1. The van der Waals surface area contributed by atoms with Crippen molar-refractivity contribution in [2.45, 2.75) is 20.3 Å². The summed E-state index contributed by atoms with van der Waals surface area (Å²) in [5, 5.41) is 9.82. The summed E-state index contributed by atoms with van der Waals surface area (Å²) in [7, 11) is 1.63. The number of methoxy groups -OCH3 is 1. The second kappa shape index (κ2) is 4.64. The van der Waals surface area contributed by atoms with Crippen LogP contribution in [-0.4, -0.2) is 23.2 Å². The molecule has 0 aliphatic heterocycles. The topological polar surface area (TPSA) is 59.4 Å². The SMILES string of the molecule is COc1cc(C)c2nc(CC(=O)O)cc(C)c2c1. The van der Waals surface area contributed by atoms with Gasteiger partial charge in [-0.15, -0.1) is 0 Å². The summed E-state index contributed by atoms with van der Waals surface area (Å²) in [5.41, 5.74) is 3.42. The summed E-state index contributed by atoms with van der Waals surface area (Å²) in [5.74, 6) is -0.0803. The number of aliphatic carboxylic acids is 1. The van der Waals surface area contributed by atoms with Crippen molar-refractivity contribution >= 4 is 16.9 Å². The third kappa shape index (κ3) is 2.27. The van der Waals surface area contributed by atoms with Crippen LogP contribution in [-0.2, 0) is 11.2 Å². The molecule has 0 amide bonds. The van der Waals surface area contributed by atoms with Crippen LogP contribution in [0.25, 0.3) is 10.9 Å². The molecular weight excluding hydrogens is 230 g/mol. The number of nitrogens with zero attached hydrogens (tertiary/aromatic N) is 1. The number of aromatic nitrogens is 1. The molecule has 1 aromatic carbocycles. The second-order valence-electron chi connectivity index (χ2n) is 4.34. The van der Waals surface area contributed by atoms with Gasteiger partial charge in [-0.25, -0.2) is 0 Å². The molecule has 0 fully saturated rings. The minimum atomic E-state index is -0.868. The first-order valence-electron chi connectivity index (χ1n) is 5.68. The zero-order valence-corrected chi connectivity index (χ0v) is 10.7. The minimum Gasteiger partial charge on any atom is -0.497 e. The molecule has 0 saturated heterocycles. The predicted molar refractivity (Wildman–Crippen MR) is 69.1 cm³/mol. The van der Waals surface area contributed by atoms with E-state index in [0.29, 0.717) is 5.69 Å². The van der Waals surface area contributed by atoms with Crippen molar-refractivity contribution < 1.29 is 14.6 Å². The van der Waals surface area contributed by atoms with E-state index in [1.165, 1.54) is 0 Å². The number of carboxylic acids is 1. The first-order valence-corrected chi connectivity index (χ1v) is 5.68. The average molecular weight is 245 g/mol. The van der Waals surface area contributed by atoms with Crippen LogP contribution in [0.3, 0.4) is 0 Å². The summed E-state index contributed by atoms with van der Waals surface area (Å²) in [6, 6.07) is 5.64. The molecule has 0 saturated carbocycles. The maximum atomic E-state index is 10.7. The van der Waals surface area contributed by atoms with Gasteiger partial charge in [-0.1, -0.05) is 0 Å². The zero-order valence-electron chi connectivity index (χ0n) is 10.7. The highest BCUT2D eigenvalue weighted by Crippen LogP contribution is 2.26. The molecule has 0 atom stereocenters. The maximum absolute atomic E-state index is 10.7. The Bertz CT molecular complexity index is 620. The highest BCUT2D eigenvalue weighted by Gasteiger charge is 2.09. The molecule has 4 nitrogen and oxygen atoms in total. The van der Waals surface area contributed by atoms with E-state index in [-0.39, 0.29) is 6.42 Å². The lowest BCUT2D eigenvalue weighted by Crippen LogP contribution is -2.03. The van der Waals surface area contributed by atoms with Gasteiger partial charge in [0.2, 0.25) is 0 Å². The number of benzene rings is 1. The van der Waals surface area contributed by atoms with Crippen molar-refractivity contribution in [3.63, 3.8) is 0 Å². The van der Waals surface area contributed by atoms with Gasteiger partial charge in [-0.05, 0) is 43.2 Å². The third-order valence-electron chi connectivity index (χ3n) is 2.91. The number of carbonyl (C=O) groups is 1. The highest BCUT2D eigenvalue weighted by atomic mass is 16.5. The van der Waals surface area contributed by atoms with Crippen molar-refractivity contribution in [2.75, 3.05) is 7.11 Å².